The summed E-state index contributed by atoms with van der Waals surface area (Å²) < 4.78 is 6.39. The van der Waals surface area contributed by atoms with Gasteiger partial charge in [0.15, 0.2) is 5.17 Å². The van der Waals surface area contributed by atoms with Gasteiger partial charge in [-0.15, -0.1) is 0 Å². The molecule has 0 unspecified atom stereocenters. The van der Waals surface area contributed by atoms with Crippen LogP contribution in [0.3, 0.4) is 0 Å². The number of aromatic carboxylic acids is 1. The maximum atomic E-state index is 11.3. The summed E-state index contributed by atoms with van der Waals surface area (Å²) in [5, 5.41) is 10.3. The van der Waals surface area contributed by atoms with Crippen molar-refractivity contribution in [3.63, 3.8) is 0 Å². The standard InChI is InChI=1S/C24H23N3O3S/c1-3-16-13-31-24-26-21(18-6-4-5-11-25-18)22(27(16)24)20-10-9-19(30-20)17-8-7-15(23(28)29)12-14(17)2/h4-12,16,21-22H,3,13H2,1-2H3,(H,28,29)/t16-,21-,22-/m1/s1. The number of aromatic nitrogens is 1. The van der Waals surface area contributed by atoms with E-state index in [0.717, 1.165) is 45.7 Å². The van der Waals surface area contributed by atoms with E-state index in [1.54, 1.807) is 30.1 Å². The van der Waals surface area contributed by atoms with E-state index < -0.39 is 5.97 Å². The molecule has 31 heavy (non-hydrogen) atoms. The van der Waals surface area contributed by atoms with Crippen molar-refractivity contribution in [2.24, 2.45) is 4.99 Å². The number of benzene rings is 1. The van der Waals surface area contributed by atoms with Gasteiger partial charge in [0.25, 0.3) is 0 Å². The Labute approximate surface area is 185 Å². The molecule has 6 nitrogen and oxygen atoms in total. The Kier molecular flexibility index (Phi) is 5.06. The first-order valence-electron chi connectivity index (χ1n) is 10.4. The molecule has 0 spiro atoms. The zero-order valence-electron chi connectivity index (χ0n) is 17.4. The van der Waals surface area contributed by atoms with E-state index in [2.05, 4.69) is 16.8 Å². The van der Waals surface area contributed by atoms with Crippen molar-refractivity contribution in [2.45, 2.75) is 38.4 Å². The molecule has 3 aromatic rings. The van der Waals surface area contributed by atoms with Gasteiger partial charge in [-0.2, -0.15) is 0 Å². The largest absolute Gasteiger partial charge is 0.478 e. The Morgan fingerprint density at radius 2 is 2.13 bits per heavy atom. The number of carboxylic acid groups (broad SMARTS) is 1. The fourth-order valence-electron chi connectivity index (χ4n) is 4.39. The topological polar surface area (TPSA) is 78.9 Å². The van der Waals surface area contributed by atoms with Crippen LogP contribution in [0.1, 0.15) is 52.8 Å². The Balaban J connectivity index is 1.54. The molecule has 158 valence electrons. The molecule has 2 aromatic heterocycles. The van der Waals surface area contributed by atoms with Gasteiger partial charge in [0.1, 0.15) is 23.6 Å². The van der Waals surface area contributed by atoms with E-state index in [-0.39, 0.29) is 17.6 Å². The average Bonchev–Trinajstić information content (AvgIpc) is 3.49. The fraction of sp³-hybridized carbons (Fsp3) is 0.292. The summed E-state index contributed by atoms with van der Waals surface area (Å²) in [5.74, 6) is 1.69. The smallest absolute Gasteiger partial charge is 0.335 e. The normalized spacial score (nSPS) is 22.5. The molecule has 4 heterocycles. The molecule has 5 rings (SSSR count). The molecule has 2 aliphatic heterocycles. The van der Waals surface area contributed by atoms with E-state index in [0.29, 0.717) is 6.04 Å². The lowest BCUT2D eigenvalue weighted by molar-refractivity contribution is 0.0697. The number of pyridine rings is 1. The van der Waals surface area contributed by atoms with Crippen LogP contribution in [0.2, 0.25) is 0 Å². The Hall–Kier alpha value is -3.06. The summed E-state index contributed by atoms with van der Waals surface area (Å²) in [5.41, 5.74) is 2.97. The molecule has 0 amide bonds. The van der Waals surface area contributed by atoms with E-state index >= 15 is 0 Å². The van der Waals surface area contributed by atoms with Crippen LogP contribution in [0.4, 0.5) is 0 Å². The second-order valence-electron chi connectivity index (χ2n) is 7.87. The van der Waals surface area contributed by atoms with Gasteiger partial charge in [0.2, 0.25) is 0 Å². The van der Waals surface area contributed by atoms with Crippen LogP contribution in [0, 0.1) is 6.92 Å². The second kappa shape index (κ2) is 7.89. The van der Waals surface area contributed by atoms with Crippen molar-refractivity contribution in [1.82, 2.24) is 9.88 Å². The molecule has 1 N–H and O–H groups in total. The van der Waals surface area contributed by atoms with Gasteiger partial charge >= 0.3 is 5.97 Å². The number of fused-ring (bicyclic) bond motifs is 1. The van der Waals surface area contributed by atoms with Crippen LogP contribution in [0.25, 0.3) is 11.3 Å². The molecular formula is C24H23N3O3S. The van der Waals surface area contributed by atoms with Gasteiger partial charge in [-0.05, 0) is 55.3 Å². The van der Waals surface area contributed by atoms with Crippen molar-refractivity contribution >= 4 is 22.9 Å². The van der Waals surface area contributed by atoms with Gasteiger partial charge in [-0.1, -0.05) is 30.8 Å². The first-order chi connectivity index (χ1) is 15.1. The van der Waals surface area contributed by atoms with Gasteiger partial charge in [0.05, 0.1) is 11.3 Å². The maximum Gasteiger partial charge on any atom is 0.335 e. The van der Waals surface area contributed by atoms with Crippen molar-refractivity contribution < 1.29 is 14.3 Å². The summed E-state index contributed by atoms with van der Waals surface area (Å²) in [6.07, 6.45) is 2.85. The fourth-order valence-corrected chi connectivity index (χ4v) is 5.73. The highest BCUT2D eigenvalue weighted by molar-refractivity contribution is 8.14. The molecule has 0 saturated carbocycles. The summed E-state index contributed by atoms with van der Waals surface area (Å²) >= 11 is 1.80. The zero-order chi connectivity index (χ0) is 21.5. The van der Waals surface area contributed by atoms with Gasteiger partial charge in [-0.25, -0.2) is 9.79 Å². The van der Waals surface area contributed by atoms with E-state index in [1.165, 1.54) is 0 Å². The third-order valence-corrected chi connectivity index (χ3v) is 7.11. The number of hydrogen-bond acceptors (Lipinski definition) is 6. The minimum Gasteiger partial charge on any atom is -0.478 e. The van der Waals surface area contributed by atoms with Crippen LogP contribution in [0.15, 0.2) is 64.1 Å². The third kappa shape index (κ3) is 3.43. The number of carbonyl (C=O) groups is 1. The molecule has 1 saturated heterocycles. The summed E-state index contributed by atoms with van der Waals surface area (Å²) in [6.45, 7) is 4.11. The first kappa shape index (κ1) is 19.9. The number of furan rings is 1. The van der Waals surface area contributed by atoms with Gasteiger partial charge < -0.3 is 14.4 Å². The number of carboxylic acids is 1. The maximum absolute atomic E-state index is 11.3. The number of thioether (sulfide) groups is 1. The lowest BCUT2D eigenvalue weighted by atomic mass is 10.0. The number of amidine groups is 1. The highest BCUT2D eigenvalue weighted by atomic mass is 32.2. The SMILES string of the molecule is CC[C@@H]1CSC2=N[C@H](c3ccccn3)[C@@H](c3ccc(-c4ccc(C(=O)O)cc4C)o3)N21. The van der Waals surface area contributed by atoms with Gasteiger partial charge in [-0.3, -0.25) is 4.98 Å². The number of aliphatic imine (C=N–C) groups is 1. The van der Waals surface area contributed by atoms with Crippen LogP contribution in [-0.2, 0) is 0 Å². The van der Waals surface area contributed by atoms with Gasteiger partial charge in [0, 0.05) is 23.6 Å². The van der Waals surface area contributed by atoms with Crippen molar-refractivity contribution in [3.8, 4) is 11.3 Å². The first-order valence-corrected chi connectivity index (χ1v) is 11.4. The Morgan fingerprint density at radius 3 is 2.84 bits per heavy atom. The Morgan fingerprint density at radius 1 is 1.26 bits per heavy atom. The van der Waals surface area contributed by atoms with E-state index in [9.17, 15) is 9.90 Å². The number of hydrogen-bond donors (Lipinski definition) is 1. The van der Waals surface area contributed by atoms with Crippen molar-refractivity contribution in [1.29, 1.82) is 0 Å². The number of nitrogens with zero attached hydrogens (tertiary/aromatic N) is 3. The molecule has 0 bridgehead atoms. The summed E-state index contributed by atoms with van der Waals surface area (Å²) in [4.78, 5) is 23.3. The lowest BCUT2D eigenvalue weighted by Crippen LogP contribution is -2.35. The van der Waals surface area contributed by atoms with E-state index in [1.807, 2.05) is 43.3 Å². The minimum absolute atomic E-state index is 0.0443. The lowest BCUT2D eigenvalue weighted by Gasteiger charge is -2.30. The molecule has 2 aliphatic rings. The molecule has 0 radical (unpaired) electrons. The summed E-state index contributed by atoms with van der Waals surface area (Å²) in [6, 6.07) is 15.3. The number of aryl methyl sites for hydroxylation is 1. The van der Waals surface area contributed by atoms with Crippen LogP contribution in [-0.4, -0.2) is 37.9 Å². The minimum atomic E-state index is -0.930. The predicted molar refractivity (Wildman–Crippen MR) is 121 cm³/mol. The van der Waals surface area contributed by atoms with Crippen LogP contribution < -0.4 is 0 Å². The average molecular weight is 434 g/mol. The molecular weight excluding hydrogens is 410 g/mol. The molecule has 3 atom stereocenters. The molecule has 7 heteroatoms. The second-order valence-corrected chi connectivity index (χ2v) is 8.86. The highest BCUT2D eigenvalue weighted by Gasteiger charge is 2.46. The van der Waals surface area contributed by atoms with Crippen LogP contribution in [0.5, 0.6) is 0 Å². The van der Waals surface area contributed by atoms with E-state index in [4.69, 9.17) is 9.41 Å². The monoisotopic (exact) mass is 433 g/mol. The molecule has 0 aliphatic carbocycles. The third-order valence-electron chi connectivity index (χ3n) is 5.99. The molecule has 1 fully saturated rings. The van der Waals surface area contributed by atoms with Crippen LogP contribution >= 0.6 is 11.8 Å². The predicted octanol–water partition coefficient (Wildman–Crippen LogP) is 5.33. The molecule has 1 aromatic carbocycles. The van der Waals surface area contributed by atoms with Crippen molar-refractivity contribution in [2.75, 3.05) is 5.75 Å². The number of rotatable bonds is 5. The highest BCUT2D eigenvalue weighted by Crippen LogP contribution is 2.49. The van der Waals surface area contributed by atoms with Crippen molar-refractivity contribution in [3.05, 3.63) is 77.3 Å². The zero-order valence-corrected chi connectivity index (χ0v) is 18.2. The summed E-state index contributed by atoms with van der Waals surface area (Å²) in [7, 11) is 0. The Bertz CT molecular complexity index is 1160. The quantitative estimate of drug-likeness (QED) is 0.586.